The van der Waals surface area contributed by atoms with Crippen LogP contribution in [0.25, 0.3) is 0 Å². The summed E-state index contributed by atoms with van der Waals surface area (Å²) in [5, 5.41) is 2.83. The molecule has 3 rings (SSSR count). The largest absolute Gasteiger partial charge is 0.467 e. The smallest absolute Gasteiger partial charge is 0.258 e. The Morgan fingerprint density at radius 2 is 1.92 bits per heavy atom. The van der Waals surface area contributed by atoms with Crippen LogP contribution in [0.1, 0.15) is 44.9 Å². The van der Waals surface area contributed by atoms with E-state index in [1.807, 2.05) is 17.9 Å². The van der Waals surface area contributed by atoms with Gasteiger partial charge in [0.1, 0.15) is 12.0 Å². The van der Waals surface area contributed by atoms with Crippen LogP contribution in [-0.4, -0.2) is 29.8 Å². The Morgan fingerprint density at radius 1 is 1.20 bits per heavy atom. The van der Waals surface area contributed by atoms with E-state index in [4.69, 9.17) is 10.2 Å². The zero-order valence-corrected chi connectivity index (χ0v) is 14.9. The van der Waals surface area contributed by atoms with Crippen LogP contribution in [-0.2, 0) is 6.54 Å². The Hall–Kier alpha value is -2.31. The molecule has 25 heavy (non-hydrogen) atoms. The molecule has 1 saturated heterocycles. The number of amides is 2. The number of benzene rings is 1. The van der Waals surface area contributed by atoms with Gasteiger partial charge >= 0.3 is 0 Å². The predicted octanol–water partition coefficient (Wildman–Crippen LogP) is 2.96. The Balaban J connectivity index is 0.00000225. The Bertz CT molecular complexity index is 767. The van der Waals surface area contributed by atoms with Gasteiger partial charge in [-0.3, -0.25) is 9.59 Å². The second-order valence-corrected chi connectivity index (χ2v) is 5.99. The molecule has 0 saturated carbocycles. The number of nitrogens with two attached hydrogens (primary N) is 1. The maximum atomic E-state index is 12.4. The van der Waals surface area contributed by atoms with Crippen LogP contribution in [0, 0.1) is 6.92 Å². The summed E-state index contributed by atoms with van der Waals surface area (Å²) in [5.41, 5.74) is 8.07. The SMILES string of the molecule is Cc1cc(C(=O)N2CCCC2)ccc1NC(=O)c1coc(CN)c1.Cl. The molecule has 0 radical (unpaired) electrons. The van der Waals surface area contributed by atoms with Gasteiger partial charge in [-0.15, -0.1) is 12.4 Å². The Kier molecular flexibility index (Phi) is 6.22. The molecule has 1 aliphatic rings. The summed E-state index contributed by atoms with van der Waals surface area (Å²) in [7, 11) is 0. The first-order chi connectivity index (χ1) is 11.6. The average Bonchev–Trinajstić information content (AvgIpc) is 3.27. The number of hydrogen-bond acceptors (Lipinski definition) is 4. The zero-order valence-electron chi connectivity index (χ0n) is 14.1. The van der Waals surface area contributed by atoms with Crippen LogP contribution in [0.15, 0.2) is 34.9 Å². The first-order valence-electron chi connectivity index (χ1n) is 8.07. The van der Waals surface area contributed by atoms with Crippen molar-refractivity contribution in [2.24, 2.45) is 5.73 Å². The molecule has 3 N–H and O–H groups in total. The second-order valence-electron chi connectivity index (χ2n) is 5.99. The Labute approximate surface area is 152 Å². The second kappa shape index (κ2) is 8.18. The number of hydrogen-bond donors (Lipinski definition) is 2. The lowest BCUT2D eigenvalue weighted by Gasteiger charge is -2.16. The molecule has 0 unspecified atom stereocenters. The number of likely N-dealkylation sites (tertiary alicyclic amines) is 1. The van der Waals surface area contributed by atoms with E-state index in [0.29, 0.717) is 22.6 Å². The van der Waals surface area contributed by atoms with E-state index in [-0.39, 0.29) is 30.8 Å². The van der Waals surface area contributed by atoms with Gasteiger partial charge in [-0.2, -0.15) is 0 Å². The number of anilines is 1. The molecular formula is C18H22ClN3O3. The van der Waals surface area contributed by atoms with Crippen molar-refractivity contribution in [3.8, 4) is 0 Å². The summed E-state index contributed by atoms with van der Waals surface area (Å²) in [6, 6.07) is 6.96. The van der Waals surface area contributed by atoms with Crippen LogP contribution in [0.4, 0.5) is 5.69 Å². The standard InChI is InChI=1S/C18H21N3O3.ClH/c1-12-8-13(18(23)21-6-2-3-7-21)4-5-16(12)20-17(22)14-9-15(10-19)24-11-14;/h4-5,8-9,11H,2-3,6-7,10,19H2,1H3,(H,20,22);1H. The van der Waals surface area contributed by atoms with Gasteiger partial charge < -0.3 is 20.4 Å². The number of rotatable bonds is 4. The lowest BCUT2D eigenvalue weighted by molar-refractivity contribution is 0.0792. The summed E-state index contributed by atoms with van der Waals surface area (Å²) in [6.07, 6.45) is 3.51. The molecule has 2 heterocycles. The highest BCUT2D eigenvalue weighted by atomic mass is 35.5. The van der Waals surface area contributed by atoms with E-state index < -0.39 is 0 Å². The summed E-state index contributed by atoms with van der Waals surface area (Å²) < 4.78 is 5.17. The van der Waals surface area contributed by atoms with Crippen molar-refractivity contribution < 1.29 is 14.0 Å². The number of furan rings is 1. The van der Waals surface area contributed by atoms with E-state index in [9.17, 15) is 9.59 Å². The highest BCUT2D eigenvalue weighted by Gasteiger charge is 2.20. The number of halogens is 1. The molecule has 7 heteroatoms. The van der Waals surface area contributed by atoms with Gasteiger partial charge in [-0.1, -0.05) is 0 Å². The van der Waals surface area contributed by atoms with Crippen molar-refractivity contribution in [1.29, 1.82) is 0 Å². The molecule has 2 amide bonds. The van der Waals surface area contributed by atoms with Crippen LogP contribution < -0.4 is 11.1 Å². The first-order valence-corrected chi connectivity index (χ1v) is 8.07. The van der Waals surface area contributed by atoms with Crippen molar-refractivity contribution >= 4 is 29.9 Å². The van der Waals surface area contributed by atoms with Gasteiger partial charge in [0.25, 0.3) is 11.8 Å². The van der Waals surface area contributed by atoms with E-state index in [1.165, 1.54) is 6.26 Å². The molecule has 1 fully saturated rings. The quantitative estimate of drug-likeness (QED) is 0.874. The number of carbonyl (C=O) groups excluding carboxylic acids is 2. The summed E-state index contributed by atoms with van der Waals surface area (Å²) in [6.45, 7) is 3.76. The number of carbonyl (C=O) groups is 2. The number of aryl methyl sites for hydroxylation is 1. The molecule has 0 aliphatic carbocycles. The normalized spacial score (nSPS) is 13.4. The van der Waals surface area contributed by atoms with Gasteiger partial charge in [0.05, 0.1) is 12.1 Å². The van der Waals surface area contributed by atoms with Gasteiger partial charge in [0, 0.05) is 24.3 Å². The van der Waals surface area contributed by atoms with Gasteiger partial charge in [0.15, 0.2) is 0 Å². The van der Waals surface area contributed by atoms with Crippen molar-refractivity contribution in [2.45, 2.75) is 26.3 Å². The molecule has 1 aromatic heterocycles. The monoisotopic (exact) mass is 363 g/mol. The van der Waals surface area contributed by atoms with E-state index in [2.05, 4.69) is 5.32 Å². The summed E-state index contributed by atoms with van der Waals surface area (Å²) >= 11 is 0. The minimum atomic E-state index is -0.264. The molecule has 134 valence electrons. The lowest BCUT2D eigenvalue weighted by Crippen LogP contribution is -2.27. The molecule has 1 aliphatic heterocycles. The number of nitrogens with one attached hydrogen (secondary N) is 1. The van der Waals surface area contributed by atoms with Gasteiger partial charge in [-0.05, 0) is 49.6 Å². The third-order valence-corrected chi connectivity index (χ3v) is 4.23. The van der Waals surface area contributed by atoms with Crippen molar-refractivity contribution in [2.75, 3.05) is 18.4 Å². The molecule has 0 spiro atoms. The van der Waals surface area contributed by atoms with E-state index >= 15 is 0 Å². The highest BCUT2D eigenvalue weighted by Crippen LogP contribution is 2.20. The topological polar surface area (TPSA) is 88.6 Å². The molecule has 6 nitrogen and oxygen atoms in total. The van der Waals surface area contributed by atoms with Crippen LogP contribution in [0.2, 0.25) is 0 Å². The number of nitrogens with zero attached hydrogens (tertiary/aromatic N) is 1. The average molecular weight is 364 g/mol. The van der Waals surface area contributed by atoms with Crippen LogP contribution in [0.3, 0.4) is 0 Å². The lowest BCUT2D eigenvalue weighted by atomic mass is 10.1. The van der Waals surface area contributed by atoms with Crippen LogP contribution >= 0.6 is 12.4 Å². The summed E-state index contributed by atoms with van der Waals surface area (Å²) in [5.74, 6) is 0.347. The summed E-state index contributed by atoms with van der Waals surface area (Å²) in [4.78, 5) is 26.5. The van der Waals surface area contributed by atoms with Crippen molar-refractivity contribution in [3.05, 3.63) is 53.0 Å². The fourth-order valence-corrected chi connectivity index (χ4v) is 2.84. The molecule has 2 aromatic rings. The minimum Gasteiger partial charge on any atom is -0.467 e. The van der Waals surface area contributed by atoms with Crippen molar-refractivity contribution in [3.63, 3.8) is 0 Å². The fraction of sp³-hybridized carbons (Fsp3) is 0.333. The fourth-order valence-electron chi connectivity index (χ4n) is 2.84. The van der Waals surface area contributed by atoms with E-state index in [0.717, 1.165) is 31.5 Å². The molecular weight excluding hydrogens is 342 g/mol. The molecule has 0 atom stereocenters. The highest BCUT2D eigenvalue weighted by molar-refractivity contribution is 6.05. The maximum absolute atomic E-state index is 12.4. The minimum absolute atomic E-state index is 0. The first kappa shape index (κ1) is 19.0. The van der Waals surface area contributed by atoms with Crippen LogP contribution in [0.5, 0.6) is 0 Å². The zero-order chi connectivity index (χ0) is 17.1. The van der Waals surface area contributed by atoms with Gasteiger partial charge in [0.2, 0.25) is 0 Å². The molecule has 0 bridgehead atoms. The van der Waals surface area contributed by atoms with Crippen molar-refractivity contribution in [1.82, 2.24) is 4.90 Å². The third-order valence-electron chi connectivity index (χ3n) is 4.23. The molecule has 1 aromatic carbocycles. The Morgan fingerprint density at radius 3 is 2.52 bits per heavy atom. The van der Waals surface area contributed by atoms with Gasteiger partial charge in [-0.25, -0.2) is 0 Å². The maximum Gasteiger partial charge on any atom is 0.258 e. The predicted molar refractivity (Wildman–Crippen MR) is 98.1 cm³/mol. The van der Waals surface area contributed by atoms with E-state index in [1.54, 1.807) is 18.2 Å². The third kappa shape index (κ3) is 4.21.